The van der Waals surface area contributed by atoms with Gasteiger partial charge in [-0.2, -0.15) is 5.10 Å². The molecule has 0 spiro atoms. The molecule has 0 amide bonds. The molecule has 30 heavy (non-hydrogen) atoms. The number of hydrogen-bond donors (Lipinski definition) is 0. The third-order valence-electron chi connectivity index (χ3n) is 5.49. The maximum absolute atomic E-state index is 13.4. The van der Waals surface area contributed by atoms with Gasteiger partial charge in [0.1, 0.15) is 5.75 Å². The zero-order chi connectivity index (χ0) is 20.8. The number of Topliss-reactive ketones (excluding diaryl/α,β-unsaturated/α-hetero) is 1. The van der Waals surface area contributed by atoms with Crippen molar-refractivity contribution >= 4 is 43.4 Å². The molecule has 3 aromatic rings. The van der Waals surface area contributed by atoms with E-state index >= 15 is 0 Å². The van der Waals surface area contributed by atoms with E-state index in [0.29, 0.717) is 5.56 Å². The number of ketones is 1. The number of benzene rings is 3. The lowest BCUT2D eigenvalue weighted by Gasteiger charge is -2.37. The van der Waals surface area contributed by atoms with Crippen molar-refractivity contribution in [2.45, 2.75) is 25.6 Å². The Kier molecular flexibility index (Phi) is 4.99. The number of hydrogen-bond acceptors (Lipinski definition) is 4. The highest BCUT2D eigenvalue weighted by molar-refractivity contribution is 9.10. The summed E-state index contributed by atoms with van der Waals surface area (Å²) in [6, 6.07) is 21.5. The smallest absolute Gasteiger partial charge is 0.251 e. The Morgan fingerprint density at radius 1 is 1.00 bits per heavy atom. The largest absolute Gasteiger partial charge is 0.461 e. The first-order chi connectivity index (χ1) is 14.5. The number of rotatable bonds is 3. The molecule has 5 rings (SSSR count). The maximum Gasteiger partial charge on any atom is 0.251 e. The summed E-state index contributed by atoms with van der Waals surface area (Å²) < 4.78 is 8.09. The van der Waals surface area contributed by atoms with Crippen LogP contribution in [0.4, 0.5) is 0 Å². The molecule has 0 bridgehead atoms. The van der Waals surface area contributed by atoms with Crippen molar-refractivity contribution in [1.29, 1.82) is 0 Å². The van der Waals surface area contributed by atoms with Gasteiger partial charge in [-0.25, -0.2) is 5.01 Å². The number of nitrogens with zero attached hydrogens (tertiary/aromatic N) is 2. The molecule has 0 N–H and O–H groups in total. The molecule has 2 aliphatic heterocycles. The Labute approximate surface area is 191 Å². The molecule has 2 atom stereocenters. The van der Waals surface area contributed by atoms with E-state index in [0.717, 1.165) is 38.0 Å². The van der Waals surface area contributed by atoms with E-state index in [1.54, 1.807) is 0 Å². The summed E-state index contributed by atoms with van der Waals surface area (Å²) in [4.78, 5) is 13.4. The summed E-state index contributed by atoms with van der Waals surface area (Å²) in [5.74, 6) is 0.630. The predicted octanol–water partition coefficient (Wildman–Crippen LogP) is 6.27. The van der Waals surface area contributed by atoms with Crippen molar-refractivity contribution in [2.24, 2.45) is 5.10 Å². The minimum Gasteiger partial charge on any atom is -0.461 e. The number of carbonyl (C=O) groups is 1. The topological polar surface area (TPSA) is 41.9 Å². The molecule has 0 aliphatic carbocycles. The fourth-order valence-electron chi connectivity index (χ4n) is 3.91. The van der Waals surface area contributed by atoms with Gasteiger partial charge in [0.2, 0.25) is 5.78 Å². The minimum atomic E-state index is -0.798. The standard InChI is InChI=1S/C24H18Br2N2O2/c1-14-2-4-15(5-3-14)20-13-21-19-12-18(26)10-11-22(19)30-24(28(21)27-20)23(29)16-6-8-17(25)9-7-16/h2-12,21,24H,13H2,1H3/t21-,24+/m1/s1. The highest BCUT2D eigenvalue weighted by Gasteiger charge is 2.43. The van der Waals surface area contributed by atoms with Crippen molar-refractivity contribution in [2.75, 3.05) is 0 Å². The number of carbonyl (C=O) groups excluding carboxylic acids is 1. The van der Waals surface area contributed by atoms with Gasteiger partial charge in [0, 0.05) is 26.5 Å². The third kappa shape index (κ3) is 3.48. The van der Waals surface area contributed by atoms with Gasteiger partial charge in [0.05, 0.1) is 11.8 Å². The van der Waals surface area contributed by atoms with Crippen LogP contribution in [0.3, 0.4) is 0 Å². The first kappa shape index (κ1) is 19.5. The van der Waals surface area contributed by atoms with Gasteiger partial charge in [-0.3, -0.25) is 4.79 Å². The second-order valence-electron chi connectivity index (χ2n) is 7.54. The van der Waals surface area contributed by atoms with Gasteiger partial charge in [-0.15, -0.1) is 0 Å². The second-order valence-corrected chi connectivity index (χ2v) is 9.37. The third-order valence-corrected chi connectivity index (χ3v) is 6.51. The normalized spacial score (nSPS) is 19.6. The summed E-state index contributed by atoms with van der Waals surface area (Å²) in [5, 5.41) is 6.69. The Hall–Kier alpha value is -2.44. The Morgan fingerprint density at radius 3 is 2.43 bits per heavy atom. The van der Waals surface area contributed by atoms with Crippen LogP contribution in [-0.2, 0) is 0 Å². The highest BCUT2D eigenvalue weighted by atomic mass is 79.9. The maximum atomic E-state index is 13.4. The van der Waals surface area contributed by atoms with Gasteiger partial charge in [-0.1, -0.05) is 73.8 Å². The summed E-state index contributed by atoms with van der Waals surface area (Å²) in [6.07, 6.45) is -0.0761. The van der Waals surface area contributed by atoms with Crippen molar-refractivity contribution < 1.29 is 9.53 Å². The Bertz CT molecular complexity index is 1160. The van der Waals surface area contributed by atoms with Crippen molar-refractivity contribution in [3.05, 3.63) is 97.9 Å². The molecule has 3 aromatic carbocycles. The molecule has 2 aliphatic rings. The quantitative estimate of drug-likeness (QED) is 0.378. The van der Waals surface area contributed by atoms with Crippen LogP contribution in [-0.4, -0.2) is 22.7 Å². The monoisotopic (exact) mass is 524 g/mol. The van der Waals surface area contributed by atoms with Crippen molar-refractivity contribution in [3.63, 3.8) is 0 Å². The first-order valence-electron chi connectivity index (χ1n) is 9.68. The van der Waals surface area contributed by atoms with Gasteiger partial charge < -0.3 is 4.74 Å². The molecule has 4 nitrogen and oxygen atoms in total. The lowest BCUT2D eigenvalue weighted by Crippen LogP contribution is -2.45. The van der Waals surface area contributed by atoms with E-state index in [1.165, 1.54) is 5.56 Å². The fraction of sp³-hybridized carbons (Fsp3) is 0.167. The number of hydrazone groups is 1. The summed E-state index contributed by atoms with van der Waals surface area (Å²) >= 11 is 6.98. The lowest BCUT2D eigenvalue weighted by molar-refractivity contribution is -0.00459. The van der Waals surface area contributed by atoms with Crippen LogP contribution in [0.25, 0.3) is 0 Å². The van der Waals surface area contributed by atoms with Crippen LogP contribution < -0.4 is 4.74 Å². The zero-order valence-corrected chi connectivity index (χ0v) is 19.4. The molecule has 6 heteroatoms. The molecule has 150 valence electrons. The van der Waals surface area contributed by atoms with E-state index in [4.69, 9.17) is 9.84 Å². The van der Waals surface area contributed by atoms with Crippen LogP contribution in [0, 0.1) is 6.92 Å². The number of aryl methyl sites for hydroxylation is 1. The zero-order valence-electron chi connectivity index (χ0n) is 16.2. The van der Waals surface area contributed by atoms with E-state index in [1.807, 2.05) is 41.4 Å². The summed E-state index contributed by atoms with van der Waals surface area (Å²) in [6.45, 7) is 2.07. The number of fused-ring (bicyclic) bond motifs is 3. The second kappa shape index (κ2) is 7.67. The van der Waals surface area contributed by atoms with Crippen molar-refractivity contribution in [3.8, 4) is 5.75 Å². The molecule has 0 saturated carbocycles. The average molecular weight is 526 g/mol. The Morgan fingerprint density at radius 2 is 1.70 bits per heavy atom. The van der Waals surface area contributed by atoms with Crippen LogP contribution in [0.2, 0.25) is 0 Å². The molecule has 0 unspecified atom stereocenters. The molecule has 0 radical (unpaired) electrons. The van der Waals surface area contributed by atoms with Gasteiger partial charge in [0.25, 0.3) is 6.23 Å². The summed E-state index contributed by atoms with van der Waals surface area (Å²) in [7, 11) is 0. The molecular weight excluding hydrogens is 508 g/mol. The van der Waals surface area contributed by atoms with Crippen LogP contribution in [0.1, 0.15) is 39.5 Å². The molecule has 2 heterocycles. The average Bonchev–Trinajstić information content (AvgIpc) is 3.19. The van der Waals surface area contributed by atoms with E-state index in [-0.39, 0.29) is 11.8 Å². The number of halogens is 2. The molecule has 0 fully saturated rings. The van der Waals surface area contributed by atoms with E-state index in [2.05, 4.69) is 69.1 Å². The molecule has 0 aromatic heterocycles. The minimum absolute atomic E-state index is 0.0491. The first-order valence-corrected chi connectivity index (χ1v) is 11.3. The van der Waals surface area contributed by atoms with Crippen LogP contribution in [0.5, 0.6) is 5.75 Å². The predicted molar refractivity (Wildman–Crippen MR) is 124 cm³/mol. The van der Waals surface area contributed by atoms with E-state index < -0.39 is 6.23 Å². The molecular formula is C24H18Br2N2O2. The Balaban J connectivity index is 1.57. The van der Waals surface area contributed by atoms with E-state index in [9.17, 15) is 4.79 Å². The number of ether oxygens (including phenoxy) is 1. The van der Waals surface area contributed by atoms with Gasteiger partial charge >= 0.3 is 0 Å². The molecule has 0 saturated heterocycles. The summed E-state index contributed by atoms with van der Waals surface area (Å²) in [5.41, 5.74) is 4.87. The SMILES string of the molecule is Cc1ccc(C2=NN3[C@H](C2)c2cc(Br)ccc2O[C@H]3C(=O)c2ccc(Br)cc2)cc1. The van der Waals surface area contributed by atoms with Gasteiger partial charge in [-0.05, 0) is 42.8 Å². The highest BCUT2D eigenvalue weighted by Crippen LogP contribution is 2.44. The lowest BCUT2D eigenvalue weighted by atomic mass is 9.95. The van der Waals surface area contributed by atoms with Gasteiger partial charge in [0.15, 0.2) is 0 Å². The van der Waals surface area contributed by atoms with Crippen LogP contribution in [0.15, 0.2) is 80.8 Å². The fourth-order valence-corrected chi connectivity index (χ4v) is 4.55. The van der Waals surface area contributed by atoms with Crippen LogP contribution >= 0.6 is 31.9 Å². The van der Waals surface area contributed by atoms with Crippen molar-refractivity contribution in [1.82, 2.24) is 5.01 Å².